The van der Waals surface area contributed by atoms with Gasteiger partial charge < -0.3 is 9.80 Å². The van der Waals surface area contributed by atoms with Crippen LogP contribution in [0.3, 0.4) is 0 Å². The van der Waals surface area contributed by atoms with Crippen molar-refractivity contribution in [3.63, 3.8) is 0 Å². The molecule has 3 saturated heterocycles. The standard InChI is InChI=1S/C19H38N4/c1-18-7-3-11-22(18)13-5-9-20-15-16-21(17-20)10-6-14-23-12-4-8-19(23)2/h18-19H,3-17H2,1-2H3/t18-,19-/m0/s1. The molecule has 2 atom stereocenters. The topological polar surface area (TPSA) is 13.0 Å². The number of nitrogens with zero attached hydrogens (tertiary/aromatic N) is 4. The molecule has 134 valence electrons. The van der Waals surface area contributed by atoms with E-state index in [1.165, 1.54) is 97.6 Å². The molecular formula is C19H38N4. The Morgan fingerprint density at radius 3 is 1.52 bits per heavy atom. The molecule has 0 amide bonds. The summed E-state index contributed by atoms with van der Waals surface area (Å²) in [7, 11) is 0. The van der Waals surface area contributed by atoms with Crippen molar-refractivity contribution in [2.45, 2.75) is 64.5 Å². The summed E-state index contributed by atoms with van der Waals surface area (Å²) in [5.41, 5.74) is 0. The van der Waals surface area contributed by atoms with Crippen LogP contribution in [-0.2, 0) is 0 Å². The maximum Gasteiger partial charge on any atom is 0.0507 e. The molecule has 0 bridgehead atoms. The lowest BCUT2D eigenvalue weighted by molar-refractivity contribution is 0.204. The second kappa shape index (κ2) is 8.80. The van der Waals surface area contributed by atoms with Gasteiger partial charge in [0.1, 0.15) is 0 Å². The van der Waals surface area contributed by atoms with Crippen molar-refractivity contribution in [3.8, 4) is 0 Å². The molecule has 0 aromatic rings. The van der Waals surface area contributed by atoms with Gasteiger partial charge in [-0.05, 0) is 78.6 Å². The fraction of sp³-hybridized carbons (Fsp3) is 1.00. The van der Waals surface area contributed by atoms with E-state index in [4.69, 9.17) is 0 Å². The smallest absolute Gasteiger partial charge is 0.0507 e. The van der Waals surface area contributed by atoms with Gasteiger partial charge in [-0.3, -0.25) is 9.80 Å². The molecule has 0 N–H and O–H groups in total. The average molecular weight is 323 g/mol. The maximum absolute atomic E-state index is 2.69. The average Bonchev–Trinajstić information content (AvgIpc) is 3.24. The lowest BCUT2D eigenvalue weighted by Gasteiger charge is -2.24. The minimum absolute atomic E-state index is 0.832. The van der Waals surface area contributed by atoms with Gasteiger partial charge in [0.05, 0.1) is 6.67 Å². The summed E-state index contributed by atoms with van der Waals surface area (Å²) in [5.74, 6) is 0. The Bertz CT molecular complexity index is 316. The second-order valence-corrected chi connectivity index (χ2v) is 8.14. The summed E-state index contributed by atoms with van der Waals surface area (Å²) in [6.07, 6.45) is 8.34. The zero-order chi connectivity index (χ0) is 16.1. The molecule has 0 radical (unpaired) electrons. The highest BCUT2D eigenvalue weighted by Gasteiger charge is 2.23. The molecule has 3 aliphatic rings. The lowest BCUT2D eigenvalue weighted by atomic mass is 10.2. The van der Waals surface area contributed by atoms with Crippen LogP contribution in [0, 0.1) is 0 Å². The first kappa shape index (κ1) is 17.7. The Balaban J connectivity index is 1.24. The van der Waals surface area contributed by atoms with Crippen molar-refractivity contribution in [1.82, 2.24) is 19.6 Å². The van der Waals surface area contributed by atoms with E-state index in [0.717, 1.165) is 12.1 Å². The largest absolute Gasteiger partial charge is 0.301 e. The van der Waals surface area contributed by atoms with Crippen molar-refractivity contribution < 1.29 is 0 Å². The zero-order valence-corrected chi connectivity index (χ0v) is 15.6. The maximum atomic E-state index is 2.69. The quantitative estimate of drug-likeness (QED) is 0.680. The van der Waals surface area contributed by atoms with Crippen molar-refractivity contribution in [2.24, 2.45) is 0 Å². The monoisotopic (exact) mass is 322 g/mol. The first-order valence-electron chi connectivity index (χ1n) is 10.1. The Morgan fingerprint density at radius 1 is 0.652 bits per heavy atom. The molecule has 3 fully saturated rings. The summed E-state index contributed by atoms with van der Waals surface area (Å²) in [4.78, 5) is 10.7. The van der Waals surface area contributed by atoms with Crippen molar-refractivity contribution in [1.29, 1.82) is 0 Å². The summed E-state index contributed by atoms with van der Waals surface area (Å²) in [5, 5.41) is 0. The lowest BCUT2D eigenvalue weighted by Crippen LogP contribution is -2.33. The van der Waals surface area contributed by atoms with Gasteiger partial charge in [-0.25, -0.2) is 0 Å². The first-order valence-corrected chi connectivity index (χ1v) is 10.1. The highest BCUT2D eigenvalue weighted by atomic mass is 15.4. The molecule has 4 heteroatoms. The van der Waals surface area contributed by atoms with Crippen LogP contribution in [0.25, 0.3) is 0 Å². The summed E-state index contributed by atoms with van der Waals surface area (Å²) in [6, 6.07) is 1.66. The van der Waals surface area contributed by atoms with Crippen molar-refractivity contribution >= 4 is 0 Å². The van der Waals surface area contributed by atoms with Crippen LogP contribution >= 0.6 is 0 Å². The molecule has 4 nitrogen and oxygen atoms in total. The van der Waals surface area contributed by atoms with Crippen LogP contribution in [-0.4, -0.2) is 90.7 Å². The zero-order valence-electron chi connectivity index (χ0n) is 15.6. The van der Waals surface area contributed by atoms with Crippen molar-refractivity contribution in [3.05, 3.63) is 0 Å². The minimum atomic E-state index is 0.832. The summed E-state index contributed by atoms with van der Waals surface area (Å²) < 4.78 is 0. The fourth-order valence-corrected chi connectivity index (χ4v) is 4.72. The van der Waals surface area contributed by atoms with Crippen molar-refractivity contribution in [2.75, 3.05) is 59.0 Å². The molecule has 3 rings (SSSR count). The van der Waals surface area contributed by atoms with Gasteiger partial charge in [0.25, 0.3) is 0 Å². The van der Waals surface area contributed by atoms with Crippen LogP contribution in [0.2, 0.25) is 0 Å². The molecule has 3 heterocycles. The van der Waals surface area contributed by atoms with E-state index < -0.39 is 0 Å². The molecule has 3 aliphatic heterocycles. The SMILES string of the molecule is C[C@H]1CCCN1CCCN1CCN(CCCN2CCC[C@@H]2C)C1. The molecule has 0 aromatic carbocycles. The Hall–Kier alpha value is -0.160. The third-order valence-electron chi connectivity index (χ3n) is 6.35. The molecule has 0 unspecified atom stereocenters. The van der Waals surface area contributed by atoms with Crippen LogP contribution in [0.1, 0.15) is 52.4 Å². The predicted octanol–water partition coefficient (Wildman–Crippen LogP) is 2.31. The number of hydrogen-bond acceptors (Lipinski definition) is 4. The molecule has 0 aromatic heterocycles. The van der Waals surface area contributed by atoms with Gasteiger partial charge in [0, 0.05) is 38.3 Å². The van der Waals surface area contributed by atoms with E-state index in [9.17, 15) is 0 Å². The number of likely N-dealkylation sites (tertiary alicyclic amines) is 2. The van der Waals surface area contributed by atoms with Gasteiger partial charge in [0.15, 0.2) is 0 Å². The molecule has 23 heavy (non-hydrogen) atoms. The van der Waals surface area contributed by atoms with E-state index in [1.54, 1.807) is 0 Å². The van der Waals surface area contributed by atoms with Gasteiger partial charge in [-0.2, -0.15) is 0 Å². The van der Waals surface area contributed by atoms with Gasteiger partial charge in [-0.1, -0.05) is 0 Å². The normalized spacial score (nSPS) is 31.6. The van der Waals surface area contributed by atoms with E-state index in [-0.39, 0.29) is 0 Å². The Morgan fingerprint density at radius 2 is 1.13 bits per heavy atom. The van der Waals surface area contributed by atoms with Gasteiger partial charge >= 0.3 is 0 Å². The van der Waals surface area contributed by atoms with Crippen LogP contribution in [0.5, 0.6) is 0 Å². The molecule has 0 aliphatic carbocycles. The second-order valence-electron chi connectivity index (χ2n) is 8.14. The highest BCUT2D eigenvalue weighted by Crippen LogP contribution is 2.18. The van der Waals surface area contributed by atoms with E-state index >= 15 is 0 Å². The fourth-order valence-electron chi connectivity index (χ4n) is 4.72. The number of rotatable bonds is 8. The van der Waals surface area contributed by atoms with E-state index in [0.29, 0.717) is 0 Å². The Labute approximate surface area is 143 Å². The van der Waals surface area contributed by atoms with E-state index in [1.807, 2.05) is 0 Å². The van der Waals surface area contributed by atoms with Crippen LogP contribution in [0.15, 0.2) is 0 Å². The third-order valence-corrected chi connectivity index (χ3v) is 6.35. The summed E-state index contributed by atoms with van der Waals surface area (Å²) >= 11 is 0. The highest BCUT2D eigenvalue weighted by molar-refractivity contribution is 4.78. The van der Waals surface area contributed by atoms with Gasteiger partial charge in [-0.15, -0.1) is 0 Å². The Kier molecular flexibility index (Phi) is 6.75. The third kappa shape index (κ3) is 5.15. The molecular weight excluding hydrogens is 284 g/mol. The van der Waals surface area contributed by atoms with Crippen LogP contribution < -0.4 is 0 Å². The first-order chi connectivity index (χ1) is 11.2. The van der Waals surface area contributed by atoms with E-state index in [2.05, 4.69) is 33.4 Å². The number of hydrogen-bond donors (Lipinski definition) is 0. The molecule has 0 spiro atoms. The summed E-state index contributed by atoms with van der Waals surface area (Å²) in [6.45, 7) is 16.5. The van der Waals surface area contributed by atoms with Crippen LogP contribution in [0.4, 0.5) is 0 Å². The molecule has 0 saturated carbocycles. The minimum Gasteiger partial charge on any atom is -0.301 e. The van der Waals surface area contributed by atoms with Gasteiger partial charge in [0.2, 0.25) is 0 Å². The predicted molar refractivity (Wildman–Crippen MR) is 97.8 cm³/mol.